The molecule has 1 rings (SSSR count). The number of rotatable bonds is 18. The van der Waals surface area contributed by atoms with Gasteiger partial charge >= 0.3 is 5.97 Å². The Kier molecular flexibility index (Phi) is 16.2. The van der Waals surface area contributed by atoms with Gasteiger partial charge in [0, 0.05) is 36.7 Å². The van der Waals surface area contributed by atoms with E-state index in [2.05, 4.69) is 26.6 Å². The van der Waals surface area contributed by atoms with Gasteiger partial charge in [0.2, 0.25) is 23.6 Å². The van der Waals surface area contributed by atoms with Gasteiger partial charge in [-0.15, -0.1) is 0 Å². The fourth-order valence-electron chi connectivity index (χ4n) is 3.43. The first-order valence-electron chi connectivity index (χ1n) is 14.0. The predicted octanol–water partition coefficient (Wildman–Crippen LogP) is 0.443. The van der Waals surface area contributed by atoms with Crippen LogP contribution in [-0.2, 0) is 44.8 Å². The minimum atomic E-state index is -0.972. The molecule has 14 nitrogen and oxygen atoms in total. The highest BCUT2D eigenvalue weighted by atomic mass is 16.5. The minimum Gasteiger partial charge on any atom is -0.461 e. The summed E-state index contributed by atoms with van der Waals surface area (Å²) in [6.07, 6.45) is 0.266. The second kappa shape index (κ2) is 19.0. The van der Waals surface area contributed by atoms with Gasteiger partial charge in [-0.1, -0.05) is 33.8 Å². The summed E-state index contributed by atoms with van der Waals surface area (Å²) >= 11 is 0. The number of nitrogens with one attached hydrogen (secondary N) is 5. The molecule has 0 aliphatic heterocycles. The summed E-state index contributed by atoms with van der Waals surface area (Å²) in [5.41, 5.74) is 0.936. The van der Waals surface area contributed by atoms with Crippen molar-refractivity contribution in [3.63, 3.8) is 0 Å². The smallest absolute Gasteiger partial charge is 0.308 e. The van der Waals surface area contributed by atoms with E-state index in [1.54, 1.807) is 33.8 Å². The Bertz CT molecular complexity index is 1170. The second-order valence-electron chi connectivity index (χ2n) is 10.4. The number of carbonyl (C=O) groups excluding carboxylic acids is 7. The molecule has 0 aliphatic rings. The van der Waals surface area contributed by atoms with Crippen LogP contribution in [0, 0.1) is 11.8 Å². The zero-order chi connectivity index (χ0) is 32.5. The van der Waals surface area contributed by atoms with Crippen molar-refractivity contribution in [1.82, 2.24) is 21.3 Å². The molecule has 0 heterocycles. The molecule has 0 saturated carbocycles. The Balaban J connectivity index is 2.63. The normalized spacial score (nSPS) is 11.3. The van der Waals surface area contributed by atoms with E-state index in [1.165, 1.54) is 26.1 Å². The number of amides is 5. The Hall–Kier alpha value is -4.33. The zero-order valence-corrected chi connectivity index (χ0v) is 25.6. The van der Waals surface area contributed by atoms with Gasteiger partial charge in [-0.2, -0.15) is 0 Å². The lowest BCUT2D eigenvalue weighted by atomic mass is 10.0. The van der Waals surface area contributed by atoms with E-state index in [0.717, 1.165) is 0 Å². The summed E-state index contributed by atoms with van der Waals surface area (Å²) < 4.78 is 10.4. The first-order chi connectivity index (χ1) is 20.2. The number of ether oxygens (including phenoxy) is 2. The number of hydrogen-bond acceptors (Lipinski definition) is 9. The molecule has 5 N–H and O–H groups in total. The van der Waals surface area contributed by atoms with Crippen molar-refractivity contribution in [1.29, 1.82) is 0 Å². The molecule has 0 saturated heterocycles. The van der Waals surface area contributed by atoms with Crippen molar-refractivity contribution in [2.45, 2.75) is 60.1 Å². The Morgan fingerprint density at radius 2 is 1.49 bits per heavy atom. The molecule has 0 radical (unpaired) electrons. The lowest BCUT2D eigenvalue weighted by Gasteiger charge is -2.21. The third kappa shape index (κ3) is 14.4. The highest BCUT2D eigenvalue weighted by Crippen LogP contribution is 2.18. The number of anilines is 1. The van der Waals surface area contributed by atoms with Crippen molar-refractivity contribution < 1.29 is 43.0 Å². The maximum Gasteiger partial charge on any atom is 0.308 e. The van der Waals surface area contributed by atoms with Gasteiger partial charge in [0.25, 0.3) is 5.91 Å². The van der Waals surface area contributed by atoms with Gasteiger partial charge in [-0.05, 0) is 25.0 Å². The Morgan fingerprint density at radius 3 is 2.09 bits per heavy atom. The molecular formula is C29H43N5O9. The largest absolute Gasteiger partial charge is 0.461 e. The van der Waals surface area contributed by atoms with E-state index in [-0.39, 0.29) is 68.1 Å². The standard InChI is InChI=1S/C29H43N5O9/c1-17(2)26(34-25(38)14-31-23(36)10-12-42-11-9-19(5)35)28(40)32-15-24(37)33-21-8-7-20(16-43-29(41)18(3)4)22(13-21)27(39)30-6/h7-8,13,17-18,26H,9-12,14-16H2,1-6H3,(H,30,39)(H,31,36)(H,32,40)(H,33,37)(H,34,38). The maximum atomic E-state index is 12.7. The van der Waals surface area contributed by atoms with Crippen LogP contribution >= 0.6 is 0 Å². The molecule has 0 spiro atoms. The highest BCUT2D eigenvalue weighted by Gasteiger charge is 2.25. The summed E-state index contributed by atoms with van der Waals surface area (Å²) in [4.78, 5) is 84.6. The molecule has 1 aromatic rings. The van der Waals surface area contributed by atoms with Gasteiger partial charge in [-0.25, -0.2) is 0 Å². The zero-order valence-electron chi connectivity index (χ0n) is 25.6. The molecule has 0 aliphatic carbocycles. The molecule has 43 heavy (non-hydrogen) atoms. The number of Topliss-reactive ketones (excluding diaryl/α,β-unsaturated/α-hetero) is 1. The van der Waals surface area contributed by atoms with Gasteiger partial charge in [0.05, 0.1) is 32.2 Å². The minimum absolute atomic E-state index is 0.00726. The number of hydrogen-bond donors (Lipinski definition) is 5. The average molecular weight is 606 g/mol. The van der Waals surface area contributed by atoms with Crippen LogP contribution in [0.15, 0.2) is 18.2 Å². The molecule has 1 aromatic carbocycles. The van der Waals surface area contributed by atoms with Crippen molar-refractivity contribution in [2.24, 2.45) is 11.8 Å². The maximum absolute atomic E-state index is 12.7. The van der Waals surface area contributed by atoms with E-state index in [4.69, 9.17) is 9.47 Å². The van der Waals surface area contributed by atoms with Crippen LogP contribution in [0.5, 0.6) is 0 Å². The predicted molar refractivity (Wildman–Crippen MR) is 157 cm³/mol. The van der Waals surface area contributed by atoms with Gasteiger partial charge < -0.3 is 36.1 Å². The molecule has 0 bridgehead atoms. The van der Waals surface area contributed by atoms with Crippen LogP contribution in [0.25, 0.3) is 0 Å². The third-order valence-corrected chi connectivity index (χ3v) is 5.91. The van der Waals surface area contributed by atoms with E-state index < -0.39 is 48.1 Å². The van der Waals surface area contributed by atoms with Crippen LogP contribution in [0.1, 0.15) is 63.4 Å². The van der Waals surface area contributed by atoms with Crippen LogP contribution in [0.3, 0.4) is 0 Å². The molecule has 1 atom stereocenters. The van der Waals surface area contributed by atoms with E-state index in [1.807, 2.05) is 0 Å². The lowest BCUT2D eigenvalue weighted by molar-refractivity contribution is -0.148. The molecule has 0 aromatic heterocycles. The summed E-state index contributed by atoms with van der Waals surface area (Å²) in [5.74, 6) is -3.73. The van der Waals surface area contributed by atoms with Crippen LogP contribution in [0.4, 0.5) is 5.69 Å². The summed E-state index contributed by atoms with van der Waals surface area (Å²) in [6.45, 7) is 7.67. The number of esters is 1. The van der Waals surface area contributed by atoms with E-state index >= 15 is 0 Å². The average Bonchev–Trinajstić information content (AvgIpc) is 2.95. The molecule has 0 fully saturated rings. The van der Waals surface area contributed by atoms with Gasteiger partial charge in [-0.3, -0.25) is 33.6 Å². The van der Waals surface area contributed by atoms with Crippen molar-refractivity contribution in [2.75, 3.05) is 38.7 Å². The number of carbonyl (C=O) groups is 7. The van der Waals surface area contributed by atoms with Crippen molar-refractivity contribution in [3.8, 4) is 0 Å². The molecule has 1 unspecified atom stereocenters. The van der Waals surface area contributed by atoms with Crippen LogP contribution in [0.2, 0.25) is 0 Å². The van der Waals surface area contributed by atoms with Crippen LogP contribution in [-0.4, -0.2) is 80.7 Å². The molecule has 14 heteroatoms. The summed E-state index contributed by atoms with van der Waals surface area (Å²) in [5, 5.41) is 12.6. The first kappa shape index (κ1) is 36.7. The Morgan fingerprint density at radius 1 is 0.837 bits per heavy atom. The molecule has 5 amide bonds. The number of ketones is 1. The quantitative estimate of drug-likeness (QED) is 0.116. The fraction of sp³-hybridized carbons (Fsp3) is 0.552. The van der Waals surface area contributed by atoms with Gasteiger partial charge in [0.1, 0.15) is 18.4 Å². The van der Waals surface area contributed by atoms with Crippen molar-refractivity contribution >= 4 is 47.0 Å². The van der Waals surface area contributed by atoms with E-state index in [9.17, 15) is 33.6 Å². The van der Waals surface area contributed by atoms with Crippen molar-refractivity contribution in [3.05, 3.63) is 29.3 Å². The second-order valence-corrected chi connectivity index (χ2v) is 10.4. The summed E-state index contributed by atoms with van der Waals surface area (Å²) in [6, 6.07) is 3.55. The third-order valence-electron chi connectivity index (χ3n) is 5.91. The topological polar surface area (TPSA) is 198 Å². The van der Waals surface area contributed by atoms with E-state index in [0.29, 0.717) is 5.56 Å². The fourth-order valence-corrected chi connectivity index (χ4v) is 3.43. The highest BCUT2D eigenvalue weighted by molar-refractivity contribution is 5.99. The first-order valence-corrected chi connectivity index (χ1v) is 14.0. The monoisotopic (exact) mass is 605 g/mol. The van der Waals surface area contributed by atoms with Gasteiger partial charge in [0.15, 0.2) is 0 Å². The molecular weight excluding hydrogens is 562 g/mol. The Labute approximate surface area is 251 Å². The SMILES string of the molecule is CNC(=O)c1cc(NC(=O)CNC(=O)C(NC(=O)CNC(=O)CCOCCC(C)=O)C(C)C)ccc1COC(=O)C(C)C. The molecule has 238 valence electrons. The number of benzene rings is 1. The van der Waals surface area contributed by atoms with Crippen LogP contribution < -0.4 is 26.6 Å². The lowest BCUT2D eigenvalue weighted by Crippen LogP contribution is -2.52. The summed E-state index contributed by atoms with van der Waals surface area (Å²) in [7, 11) is 1.44.